The summed E-state index contributed by atoms with van der Waals surface area (Å²) in [5.41, 5.74) is 1.04. The normalized spacial score (nSPS) is 15.7. The molecule has 1 aliphatic heterocycles. The lowest BCUT2D eigenvalue weighted by molar-refractivity contribution is 0.0631. The molecule has 6 nitrogen and oxygen atoms in total. The summed E-state index contributed by atoms with van der Waals surface area (Å²) < 4.78 is 6.38. The number of aryl methyl sites for hydroxylation is 1. The first-order chi connectivity index (χ1) is 12.4. The average Bonchev–Trinajstić information content (AvgIpc) is 3.07. The molecule has 3 amide bonds. The molecule has 0 aliphatic carbocycles. The number of carbonyl (C=O) groups is 2. The molecule has 0 spiro atoms. The summed E-state index contributed by atoms with van der Waals surface area (Å²) in [7, 11) is 0. The van der Waals surface area contributed by atoms with E-state index in [0.717, 1.165) is 10.0 Å². The van der Waals surface area contributed by atoms with Crippen LogP contribution in [0.1, 0.15) is 34.8 Å². The molecule has 1 aromatic heterocycles. The zero-order valence-electron chi connectivity index (χ0n) is 14.9. The van der Waals surface area contributed by atoms with Gasteiger partial charge < -0.3 is 19.5 Å². The van der Waals surface area contributed by atoms with Crippen molar-refractivity contribution < 1.29 is 14.0 Å². The van der Waals surface area contributed by atoms with E-state index in [2.05, 4.69) is 21.2 Å². The van der Waals surface area contributed by atoms with Crippen molar-refractivity contribution in [3.8, 4) is 0 Å². The molecule has 7 heteroatoms. The van der Waals surface area contributed by atoms with Gasteiger partial charge in [-0.15, -0.1) is 0 Å². The minimum Gasteiger partial charge on any atom is -0.456 e. The number of amides is 3. The van der Waals surface area contributed by atoms with Gasteiger partial charge in [0.05, 0.1) is 6.04 Å². The second-order valence-corrected chi connectivity index (χ2v) is 7.33. The summed E-state index contributed by atoms with van der Waals surface area (Å²) in [6.07, 6.45) is 0. The zero-order valence-corrected chi connectivity index (χ0v) is 16.5. The lowest BCUT2D eigenvalue weighted by Gasteiger charge is -2.35. The molecule has 1 atom stereocenters. The minimum absolute atomic E-state index is 0.0919. The number of furan rings is 1. The number of rotatable bonds is 3. The molecule has 0 radical (unpaired) electrons. The van der Waals surface area contributed by atoms with Gasteiger partial charge in [0, 0.05) is 30.7 Å². The Balaban J connectivity index is 1.52. The van der Waals surface area contributed by atoms with E-state index in [1.165, 1.54) is 0 Å². The number of hydrogen-bond donors (Lipinski definition) is 1. The summed E-state index contributed by atoms with van der Waals surface area (Å²) in [5.74, 6) is 0.942. The van der Waals surface area contributed by atoms with E-state index in [1.807, 2.05) is 38.1 Å². The van der Waals surface area contributed by atoms with E-state index in [9.17, 15) is 9.59 Å². The van der Waals surface area contributed by atoms with Gasteiger partial charge in [-0.1, -0.05) is 28.1 Å². The van der Waals surface area contributed by atoms with Crippen LogP contribution in [-0.4, -0.2) is 47.9 Å². The van der Waals surface area contributed by atoms with Crippen molar-refractivity contribution >= 4 is 27.9 Å². The summed E-state index contributed by atoms with van der Waals surface area (Å²) in [6, 6.07) is 11.1. The van der Waals surface area contributed by atoms with Gasteiger partial charge >= 0.3 is 6.03 Å². The van der Waals surface area contributed by atoms with Crippen molar-refractivity contribution in [3.05, 3.63) is 58.0 Å². The van der Waals surface area contributed by atoms with Crippen LogP contribution < -0.4 is 5.32 Å². The van der Waals surface area contributed by atoms with Crippen LogP contribution in [0.25, 0.3) is 0 Å². The number of hydrogen-bond acceptors (Lipinski definition) is 3. The quantitative estimate of drug-likeness (QED) is 0.826. The second kappa shape index (κ2) is 7.95. The van der Waals surface area contributed by atoms with Crippen LogP contribution in [0.2, 0.25) is 0 Å². The Morgan fingerprint density at radius 3 is 2.42 bits per heavy atom. The first-order valence-electron chi connectivity index (χ1n) is 8.60. The Morgan fingerprint density at radius 2 is 1.81 bits per heavy atom. The zero-order chi connectivity index (χ0) is 18.7. The Bertz CT molecular complexity index is 797. The maximum atomic E-state index is 12.5. The van der Waals surface area contributed by atoms with Crippen LogP contribution in [0.3, 0.4) is 0 Å². The largest absolute Gasteiger partial charge is 0.456 e. The van der Waals surface area contributed by atoms with E-state index in [1.54, 1.807) is 21.9 Å². The Kier molecular flexibility index (Phi) is 5.66. The number of piperazine rings is 1. The van der Waals surface area contributed by atoms with Gasteiger partial charge in [0.1, 0.15) is 5.76 Å². The highest BCUT2D eigenvalue weighted by molar-refractivity contribution is 9.10. The van der Waals surface area contributed by atoms with Gasteiger partial charge in [-0.05, 0) is 43.7 Å². The number of halogens is 1. The fourth-order valence-corrected chi connectivity index (χ4v) is 3.37. The molecule has 2 heterocycles. The third kappa shape index (κ3) is 4.27. The van der Waals surface area contributed by atoms with Crippen molar-refractivity contribution in [2.75, 3.05) is 26.2 Å². The lowest BCUT2D eigenvalue weighted by atomic mass is 10.1. The maximum absolute atomic E-state index is 12.5. The third-order valence-electron chi connectivity index (χ3n) is 4.49. The van der Waals surface area contributed by atoms with Gasteiger partial charge in [0.2, 0.25) is 0 Å². The van der Waals surface area contributed by atoms with Crippen molar-refractivity contribution in [2.24, 2.45) is 0 Å². The number of nitrogens with zero attached hydrogens (tertiary/aromatic N) is 2. The molecule has 138 valence electrons. The molecule has 1 saturated heterocycles. The second-order valence-electron chi connectivity index (χ2n) is 6.42. The van der Waals surface area contributed by atoms with Crippen molar-refractivity contribution in [2.45, 2.75) is 19.9 Å². The molecule has 3 rings (SSSR count). The van der Waals surface area contributed by atoms with Gasteiger partial charge in [0.25, 0.3) is 5.91 Å². The van der Waals surface area contributed by atoms with Crippen LogP contribution in [0, 0.1) is 6.92 Å². The van der Waals surface area contributed by atoms with Crippen LogP contribution in [0.15, 0.2) is 45.3 Å². The number of nitrogens with one attached hydrogen (secondary N) is 1. The van der Waals surface area contributed by atoms with Gasteiger partial charge in [-0.2, -0.15) is 0 Å². The smallest absolute Gasteiger partial charge is 0.317 e. The molecule has 1 aromatic carbocycles. The van der Waals surface area contributed by atoms with Crippen LogP contribution in [0.4, 0.5) is 4.79 Å². The summed E-state index contributed by atoms with van der Waals surface area (Å²) in [4.78, 5) is 28.4. The molecular weight excluding hydrogens is 398 g/mol. The molecular formula is C19H22BrN3O3. The predicted octanol–water partition coefficient (Wildman–Crippen LogP) is 3.58. The molecule has 1 fully saturated rings. The number of carbonyl (C=O) groups excluding carboxylic acids is 2. The van der Waals surface area contributed by atoms with E-state index in [4.69, 9.17) is 4.42 Å². The van der Waals surface area contributed by atoms with Gasteiger partial charge in [-0.3, -0.25) is 4.79 Å². The maximum Gasteiger partial charge on any atom is 0.317 e. The molecule has 1 N–H and O–H groups in total. The summed E-state index contributed by atoms with van der Waals surface area (Å²) in [6.45, 7) is 5.77. The molecule has 2 aromatic rings. The Labute approximate surface area is 161 Å². The fourth-order valence-electron chi connectivity index (χ4n) is 2.95. The highest BCUT2D eigenvalue weighted by Crippen LogP contribution is 2.18. The third-order valence-corrected chi connectivity index (χ3v) is 4.99. The average molecular weight is 420 g/mol. The predicted molar refractivity (Wildman–Crippen MR) is 102 cm³/mol. The minimum atomic E-state index is -0.124. The van der Waals surface area contributed by atoms with Crippen LogP contribution in [-0.2, 0) is 0 Å². The standard InChI is InChI=1S/C19H22BrN3O3/c1-13-6-7-17(26-13)18(24)22-8-10-23(11-9-22)19(25)21-14(2)15-4-3-5-16(20)12-15/h3-7,12,14H,8-11H2,1-2H3,(H,21,25). The van der Waals surface area contributed by atoms with Crippen LogP contribution in [0.5, 0.6) is 0 Å². The molecule has 1 aliphatic rings. The number of benzene rings is 1. The van der Waals surface area contributed by atoms with E-state index < -0.39 is 0 Å². The van der Waals surface area contributed by atoms with Crippen molar-refractivity contribution in [3.63, 3.8) is 0 Å². The van der Waals surface area contributed by atoms with E-state index in [0.29, 0.717) is 37.7 Å². The van der Waals surface area contributed by atoms with Gasteiger partial charge in [0.15, 0.2) is 5.76 Å². The molecule has 26 heavy (non-hydrogen) atoms. The molecule has 0 saturated carbocycles. The Morgan fingerprint density at radius 1 is 1.12 bits per heavy atom. The van der Waals surface area contributed by atoms with Crippen LogP contribution >= 0.6 is 15.9 Å². The van der Waals surface area contributed by atoms with E-state index >= 15 is 0 Å². The van der Waals surface area contributed by atoms with Crippen molar-refractivity contribution in [1.82, 2.24) is 15.1 Å². The van der Waals surface area contributed by atoms with Crippen molar-refractivity contribution in [1.29, 1.82) is 0 Å². The first kappa shape index (κ1) is 18.5. The topological polar surface area (TPSA) is 65.8 Å². The monoisotopic (exact) mass is 419 g/mol. The molecule has 0 bridgehead atoms. The lowest BCUT2D eigenvalue weighted by Crippen LogP contribution is -2.53. The highest BCUT2D eigenvalue weighted by Gasteiger charge is 2.26. The summed E-state index contributed by atoms with van der Waals surface area (Å²) >= 11 is 3.45. The first-order valence-corrected chi connectivity index (χ1v) is 9.40. The SMILES string of the molecule is Cc1ccc(C(=O)N2CCN(C(=O)NC(C)c3cccc(Br)c3)CC2)o1. The number of urea groups is 1. The molecule has 1 unspecified atom stereocenters. The van der Waals surface area contributed by atoms with E-state index in [-0.39, 0.29) is 18.0 Å². The van der Waals surface area contributed by atoms with Gasteiger partial charge in [-0.25, -0.2) is 4.79 Å². The summed E-state index contributed by atoms with van der Waals surface area (Å²) in [5, 5.41) is 3.02. The fraction of sp³-hybridized carbons (Fsp3) is 0.368. The highest BCUT2D eigenvalue weighted by atomic mass is 79.9. The Hall–Kier alpha value is -2.28.